The van der Waals surface area contributed by atoms with Crippen LogP contribution in [0.4, 0.5) is 5.00 Å². The van der Waals surface area contributed by atoms with E-state index in [0.29, 0.717) is 17.1 Å². The van der Waals surface area contributed by atoms with Crippen LogP contribution in [-0.2, 0) is 17.8 Å². The lowest BCUT2D eigenvalue weighted by molar-refractivity contribution is -0.117. The first-order valence-electron chi connectivity index (χ1n) is 6.31. The summed E-state index contributed by atoms with van der Waals surface area (Å²) in [6.45, 7) is 2.12. The van der Waals surface area contributed by atoms with E-state index in [1.54, 1.807) is 17.4 Å². The monoisotopic (exact) mass is 303 g/mol. The Bertz CT molecular complexity index is 668. The highest BCUT2D eigenvalue weighted by molar-refractivity contribution is 7.14. The topological polar surface area (TPSA) is 56.1 Å². The normalized spacial score (nSPS) is 14.6. The molecule has 1 aliphatic heterocycles. The molecule has 102 valence electrons. The average molecular weight is 303 g/mol. The van der Waals surface area contributed by atoms with Crippen LogP contribution in [0, 0.1) is 11.3 Å². The van der Waals surface area contributed by atoms with Crippen LogP contribution in [0.3, 0.4) is 0 Å². The van der Waals surface area contributed by atoms with Crippen LogP contribution < -0.4 is 5.32 Å². The maximum atomic E-state index is 12.0. The van der Waals surface area contributed by atoms with E-state index >= 15 is 0 Å². The van der Waals surface area contributed by atoms with Crippen molar-refractivity contribution in [2.75, 3.05) is 18.4 Å². The third kappa shape index (κ3) is 2.75. The number of carbonyl (C=O) groups excluding carboxylic acids is 1. The second-order valence-electron chi connectivity index (χ2n) is 4.65. The molecule has 0 unspecified atom stereocenters. The number of amides is 1. The van der Waals surface area contributed by atoms with Gasteiger partial charge in [-0.05, 0) is 34.9 Å². The minimum atomic E-state index is -0.0531. The molecule has 0 saturated heterocycles. The molecule has 1 N–H and O–H groups in total. The lowest BCUT2D eigenvalue weighted by Crippen LogP contribution is -2.36. The van der Waals surface area contributed by atoms with Crippen LogP contribution in [0.2, 0.25) is 0 Å². The molecule has 6 heteroatoms. The van der Waals surface area contributed by atoms with E-state index in [1.807, 2.05) is 5.38 Å². The predicted octanol–water partition coefficient (Wildman–Crippen LogP) is 2.68. The molecule has 4 nitrogen and oxygen atoms in total. The van der Waals surface area contributed by atoms with Crippen LogP contribution in [0.1, 0.15) is 16.0 Å². The Morgan fingerprint density at radius 1 is 1.40 bits per heavy atom. The molecule has 3 heterocycles. The van der Waals surface area contributed by atoms with Gasteiger partial charge in [0.25, 0.3) is 0 Å². The van der Waals surface area contributed by atoms with Gasteiger partial charge in [-0.2, -0.15) is 5.26 Å². The van der Waals surface area contributed by atoms with Crippen LogP contribution in [0.15, 0.2) is 22.9 Å². The summed E-state index contributed by atoms with van der Waals surface area (Å²) in [6, 6.07) is 5.93. The fraction of sp³-hybridized carbons (Fsp3) is 0.286. The zero-order chi connectivity index (χ0) is 13.9. The van der Waals surface area contributed by atoms with Gasteiger partial charge in [0, 0.05) is 18.0 Å². The number of nitrogens with one attached hydrogen (secondary N) is 1. The van der Waals surface area contributed by atoms with Crippen molar-refractivity contribution in [1.82, 2.24) is 4.90 Å². The van der Waals surface area contributed by atoms with Crippen LogP contribution in [0.5, 0.6) is 0 Å². The van der Waals surface area contributed by atoms with E-state index in [2.05, 4.69) is 27.7 Å². The Labute approximate surface area is 125 Å². The molecule has 3 rings (SSSR count). The molecule has 0 radical (unpaired) electrons. The van der Waals surface area contributed by atoms with Crippen molar-refractivity contribution < 1.29 is 4.79 Å². The minimum absolute atomic E-state index is 0.0531. The highest BCUT2D eigenvalue weighted by Gasteiger charge is 2.19. The number of fused-ring (bicyclic) bond motifs is 1. The smallest absolute Gasteiger partial charge is 0.239 e. The number of nitrogens with zero attached hydrogens (tertiary/aromatic N) is 2. The van der Waals surface area contributed by atoms with E-state index in [9.17, 15) is 4.79 Å². The summed E-state index contributed by atoms with van der Waals surface area (Å²) in [7, 11) is 0. The van der Waals surface area contributed by atoms with Gasteiger partial charge < -0.3 is 5.32 Å². The van der Waals surface area contributed by atoms with Crippen molar-refractivity contribution in [3.63, 3.8) is 0 Å². The quantitative estimate of drug-likeness (QED) is 0.948. The predicted molar refractivity (Wildman–Crippen MR) is 81.0 cm³/mol. The molecule has 0 aromatic carbocycles. The van der Waals surface area contributed by atoms with Crippen LogP contribution in [-0.4, -0.2) is 23.9 Å². The first kappa shape index (κ1) is 13.3. The number of anilines is 1. The highest BCUT2D eigenvalue weighted by Crippen LogP contribution is 2.24. The number of rotatable bonds is 3. The molecule has 20 heavy (non-hydrogen) atoms. The van der Waals surface area contributed by atoms with Crippen molar-refractivity contribution in [3.8, 4) is 6.07 Å². The highest BCUT2D eigenvalue weighted by atomic mass is 32.1. The van der Waals surface area contributed by atoms with Gasteiger partial charge in [-0.25, -0.2) is 0 Å². The van der Waals surface area contributed by atoms with Crippen LogP contribution in [0.25, 0.3) is 0 Å². The summed E-state index contributed by atoms with van der Waals surface area (Å²) < 4.78 is 0. The number of nitriles is 1. The van der Waals surface area contributed by atoms with E-state index in [1.165, 1.54) is 21.8 Å². The summed E-state index contributed by atoms with van der Waals surface area (Å²) in [4.78, 5) is 15.6. The Balaban J connectivity index is 1.59. The molecule has 1 aliphatic rings. The zero-order valence-electron chi connectivity index (χ0n) is 10.8. The fourth-order valence-electron chi connectivity index (χ4n) is 2.31. The van der Waals surface area contributed by atoms with Crippen LogP contribution >= 0.6 is 22.7 Å². The van der Waals surface area contributed by atoms with Gasteiger partial charge in [0.1, 0.15) is 11.1 Å². The van der Waals surface area contributed by atoms with Gasteiger partial charge in [-0.3, -0.25) is 9.69 Å². The van der Waals surface area contributed by atoms with Gasteiger partial charge in [0.2, 0.25) is 5.91 Å². The molecule has 0 bridgehead atoms. The second-order valence-corrected chi connectivity index (χ2v) is 6.57. The summed E-state index contributed by atoms with van der Waals surface area (Å²) in [5.74, 6) is -0.0531. The Morgan fingerprint density at radius 3 is 3.10 bits per heavy atom. The molecule has 0 fully saturated rings. The number of hydrogen-bond acceptors (Lipinski definition) is 5. The summed E-state index contributed by atoms with van der Waals surface area (Å²) in [5, 5.41) is 16.3. The molecular weight excluding hydrogens is 290 g/mol. The first-order valence-corrected chi connectivity index (χ1v) is 8.07. The molecule has 1 amide bonds. The number of hydrogen-bond donors (Lipinski definition) is 1. The van der Waals surface area contributed by atoms with Crippen molar-refractivity contribution in [2.24, 2.45) is 0 Å². The van der Waals surface area contributed by atoms with Crippen molar-refractivity contribution in [3.05, 3.63) is 38.9 Å². The molecule has 0 saturated carbocycles. The standard InChI is InChI=1S/C14H13N3OS2/c15-7-10-2-6-20-14(10)16-13(18)9-17-4-1-12-11(8-17)3-5-19-12/h2-3,5-6H,1,4,8-9H2,(H,16,18). The first-order chi connectivity index (χ1) is 9.76. The SMILES string of the molecule is N#Cc1ccsc1NC(=O)CN1CCc2sccc2C1. The minimum Gasteiger partial charge on any atom is -0.315 e. The van der Waals surface area contributed by atoms with Gasteiger partial charge in [0.15, 0.2) is 0 Å². The number of carbonyl (C=O) groups is 1. The molecule has 0 aliphatic carbocycles. The summed E-state index contributed by atoms with van der Waals surface area (Å²) in [6.07, 6.45) is 1.02. The summed E-state index contributed by atoms with van der Waals surface area (Å²) >= 11 is 3.18. The third-order valence-electron chi connectivity index (χ3n) is 3.29. The van der Waals surface area contributed by atoms with Gasteiger partial charge in [-0.1, -0.05) is 0 Å². The van der Waals surface area contributed by atoms with E-state index in [-0.39, 0.29) is 5.91 Å². The van der Waals surface area contributed by atoms with E-state index in [0.717, 1.165) is 19.5 Å². The molecule has 0 atom stereocenters. The lowest BCUT2D eigenvalue weighted by Gasteiger charge is -2.25. The second kappa shape index (κ2) is 5.75. The summed E-state index contributed by atoms with van der Waals surface area (Å²) in [5.41, 5.74) is 1.87. The van der Waals surface area contributed by atoms with E-state index in [4.69, 9.17) is 5.26 Å². The molecular formula is C14H13N3OS2. The average Bonchev–Trinajstić information content (AvgIpc) is 3.06. The largest absolute Gasteiger partial charge is 0.315 e. The maximum Gasteiger partial charge on any atom is 0.239 e. The zero-order valence-corrected chi connectivity index (χ0v) is 12.4. The van der Waals surface area contributed by atoms with Crippen molar-refractivity contribution in [1.29, 1.82) is 5.26 Å². The Morgan fingerprint density at radius 2 is 2.25 bits per heavy atom. The molecule has 2 aromatic heterocycles. The number of thiophene rings is 2. The third-order valence-corrected chi connectivity index (χ3v) is 5.15. The van der Waals surface area contributed by atoms with Gasteiger partial charge in [0.05, 0.1) is 12.1 Å². The fourth-order valence-corrected chi connectivity index (χ4v) is 3.95. The Kier molecular flexibility index (Phi) is 3.83. The maximum absolute atomic E-state index is 12.0. The Hall–Kier alpha value is -1.68. The van der Waals surface area contributed by atoms with Gasteiger partial charge in [-0.15, -0.1) is 22.7 Å². The van der Waals surface area contributed by atoms with Crippen molar-refractivity contribution >= 4 is 33.6 Å². The van der Waals surface area contributed by atoms with E-state index < -0.39 is 0 Å². The molecule has 0 spiro atoms. The van der Waals surface area contributed by atoms with Gasteiger partial charge >= 0.3 is 0 Å². The van der Waals surface area contributed by atoms with Crippen molar-refractivity contribution in [2.45, 2.75) is 13.0 Å². The lowest BCUT2D eigenvalue weighted by atomic mass is 10.1. The molecule has 2 aromatic rings.